The lowest BCUT2D eigenvalue weighted by Gasteiger charge is -2.12. The van der Waals surface area contributed by atoms with Gasteiger partial charge in [0, 0.05) is 11.6 Å². The van der Waals surface area contributed by atoms with E-state index in [1.54, 1.807) is 18.2 Å². The molecule has 19 heavy (non-hydrogen) atoms. The van der Waals surface area contributed by atoms with Crippen LogP contribution in [0.4, 0.5) is 0 Å². The largest absolute Gasteiger partial charge is 0.456 e. The molecular formula is C15H15Cl2NO. The Hall–Kier alpha value is -1.22. The van der Waals surface area contributed by atoms with E-state index in [1.165, 1.54) is 0 Å². The minimum atomic E-state index is 0.505. The molecular weight excluding hydrogens is 281 g/mol. The molecule has 4 heteroatoms. The van der Waals surface area contributed by atoms with Crippen LogP contribution in [0.1, 0.15) is 11.1 Å². The smallest absolute Gasteiger partial charge is 0.146 e. The van der Waals surface area contributed by atoms with Crippen LogP contribution in [0, 0.1) is 6.92 Å². The summed E-state index contributed by atoms with van der Waals surface area (Å²) in [6.45, 7) is 2.80. The highest BCUT2D eigenvalue weighted by Gasteiger charge is 2.07. The van der Waals surface area contributed by atoms with Crippen LogP contribution in [0.5, 0.6) is 11.5 Å². The summed E-state index contributed by atoms with van der Waals surface area (Å²) in [5.41, 5.74) is 2.22. The fraction of sp³-hybridized carbons (Fsp3) is 0.200. The summed E-state index contributed by atoms with van der Waals surface area (Å²) in [5, 5.41) is 4.22. The molecule has 0 heterocycles. The number of ether oxygens (including phenoxy) is 1. The number of benzene rings is 2. The number of hydrogen-bond donors (Lipinski definition) is 1. The molecule has 0 saturated heterocycles. The summed E-state index contributed by atoms with van der Waals surface area (Å²) < 4.78 is 5.86. The Kier molecular flexibility index (Phi) is 4.70. The molecule has 0 amide bonds. The Morgan fingerprint density at radius 3 is 2.53 bits per heavy atom. The molecule has 0 fully saturated rings. The first-order chi connectivity index (χ1) is 9.10. The van der Waals surface area contributed by atoms with Gasteiger partial charge in [-0.05, 0) is 49.4 Å². The van der Waals surface area contributed by atoms with Gasteiger partial charge in [-0.25, -0.2) is 0 Å². The highest BCUT2D eigenvalue weighted by molar-refractivity contribution is 6.35. The quantitative estimate of drug-likeness (QED) is 0.874. The first-order valence-electron chi connectivity index (χ1n) is 5.97. The van der Waals surface area contributed by atoms with Crippen LogP contribution in [0.15, 0.2) is 36.4 Å². The normalized spacial score (nSPS) is 10.5. The van der Waals surface area contributed by atoms with Crippen LogP contribution in [0.3, 0.4) is 0 Å². The average molecular weight is 296 g/mol. The Balaban J connectivity index is 2.29. The zero-order chi connectivity index (χ0) is 13.8. The molecule has 0 aliphatic carbocycles. The predicted octanol–water partition coefficient (Wildman–Crippen LogP) is 4.81. The number of nitrogens with one attached hydrogen (secondary N) is 1. The third-order valence-corrected chi connectivity index (χ3v) is 3.28. The topological polar surface area (TPSA) is 21.3 Å². The monoisotopic (exact) mass is 295 g/mol. The van der Waals surface area contributed by atoms with Gasteiger partial charge >= 0.3 is 0 Å². The van der Waals surface area contributed by atoms with Crippen LogP contribution in [-0.2, 0) is 6.54 Å². The van der Waals surface area contributed by atoms with Gasteiger partial charge in [-0.15, -0.1) is 0 Å². The molecule has 2 aromatic rings. The molecule has 2 aromatic carbocycles. The predicted molar refractivity (Wildman–Crippen MR) is 80.5 cm³/mol. The molecule has 1 N–H and O–H groups in total. The Morgan fingerprint density at radius 1 is 1.05 bits per heavy atom. The lowest BCUT2D eigenvalue weighted by atomic mass is 10.1. The Bertz CT molecular complexity index is 584. The van der Waals surface area contributed by atoms with Crippen molar-refractivity contribution in [3.05, 3.63) is 57.6 Å². The van der Waals surface area contributed by atoms with Crippen molar-refractivity contribution in [2.24, 2.45) is 0 Å². The van der Waals surface area contributed by atoms with Crippen LogP contribution in [0.25, 0.3) is 0 Å². The number of aryl methyl sites for hydroxylation is 1. The van der Waals surface area contributed by atoms with Gasteiger partial charge in [0.05, 0.1) is 5.02 Å². The van der Waals surface area contributed by atoms with E-state index in [1.807, 2.05) is 26.1 Å². The van der Waals surface area contributed by atoms with Crippen LogP contribution >= 0.6 is 23.2 Å². The molecule has 0 atom stereocenters. The van der Waals surface area contributed by atoms with Gasteiger partial charge in [0.15, 0.2) is 0 Å². The summed E-state index contributed by atoms with van der Waals surface area (Å²) in [7, 11) is 1.91. The van der Waals surface area contributed by atoms with Crippen LogP contribution in [-0.4, -0.2) is 7.05 Å². The van der Waals surface area contributed by atoms with E-state index < -0.39 is 0 Å². The average Bonchev–Trinajstić information content (AvgIpc) is 2.37. The lowest BCUT2D eigenvalue weighted by Crippen LogP contribution is -2.05. The minimum Gasteiger partial charge on any atom is -0.456 e. The second-order valence-electron chi connectivity index (χ2n) is 4.31. The number of hydrogen-bond acceptors (Lipinski definition) is 2. The maximum absolute atomic E-state index is 6.11. The highest BCUT2D eigenvalue weighted by Crippen LogP contribution is 2.33. The van der Waals surface area contributed by atoms with Crippen molar-refractivity contribution in [2.45, 2.75) is 13.5 Å². The zero-order valence-electron chi connectivity index (χ0n) is 10.8. The van der Waals surface area contributed by atoms with Gasteiger partial charge in [0.25, 0.3) is 0 Å². The van der Waals surface area contributed by atoms with E-state index in [2.05, 4.69) is 11.4 Å². The van der Waals surface area contributed by atoms with Crippen molar-refractivity contribution in [2.75, 3.05) is 7.05 Å². The maximum atomic E-state index is 6.11. The van der Waals surface area contributed by atoms with E-state index in [0.717, 1.165) is 23.4 Å². The van der Waals surface area contributed by atoms with E-state index >= 15 is 0 Å². The van der Waals surface area contributed by atoms with Gasteiger partial charge in [0.1, 0.15) is 11.5 Å². The first kappa shape index (κ1) is 14.2. The van der Waals surface area contributed by atoms with E-state index in [9.17, 15) is 0 Å². The van der Waals surface area contributed by atoms with Gasteiger partial charge in [-0.3, -0.25) is 0 Å². The molecule has 0 bridgehead atoms. The number of halogens is 2. The second kappa shape index (κ2) is 6.29. The van der Waals surface area contributed by atoms with E-state index in [4.69, 9.17) is 27.9 Å². The Morgan fingerprint density at radius 2 is 1.84 bits per heavy atom. The molecule has 2 nitrogen and oxygen atoms in total. The fourth-order valence-corrected chi connectivity index (χ4v) is 2.19. The van der Waals surface area contributed by atoms with Crippen molar-refractivity contribution in [1.29, 1.82) is 0 Å². The first-order valence-corrected chi connectivity index (χ1v) is 6.73. The van der Waals surface area contributed by atoms with Crippen molar-refractivity contribution in [3.8, 4) is 11.5 Å². The van der Waals surface area contributed by atoms with E-state index in [-0.39, 0.29) is 0 Å². The lowest BCUT2D eigenvalue weighted by molar-refractivity contribution is 0.478. The van der Waals surface area contributed by atoms with Gasteiger partial charge in [-0.2, -0.15) is 0 Å². The zero-order valence-corrected chi connectivity index (χ0v) is 12.3. The third-order valence-electron chi connectivity index (χ3n) is 2.75. The molecule has 100 valence electrons. The molecule has 0 radical (unpaired) electrons. The summed E-state index contributed by atoms with van der Waals surface area (Å²) >= 11 is 12.0. The summed E-state index contributed by atoms with van der Waals surface area (Å²) in [4.78, 5) is 0. The molecule has 0 aliphatic rings. The SMILES string of the molecule is CNCc1ccc(C)c(Oc2ccc(Cl)cc2Cl)c1. The van der Waals surface area contributed by atoms with Gasteiger partial charge in [0.2, 0.25) is 0 Å². The van der Waals surface area contributed by atoms with Crippen molar-refractivity contribution < 1.29 is 4.74 Å². The minimum absolute atomic E-state index is 0.505. The summed E-state index contributed by atoms with van der Waals surface area (Å²) in [5.74, 6) is 1.41. The highest BCUT2D eigenvalue weighted by atomic mass is 35.5. The van der Waals surface area contributed by atoms with Gasteiger partial charge in [-0.1, -0.05) is 35.3 Å². The second-order valence-corrected chi connectivity index (χ2v) is 5.15. The van der Waals surface area contributed by atoms with Crippen LogP contribution in [0.2, 0.25) is 10.0 Å². The maximum Gasteiger partial charge on any atom is 0.146 e. The van der Waals surface area contributed by atoms with E-state index in [0.29, 0.717) is 15.8 Å². The van der Waals surface area contributed by atoms with Crippen molar-refractivity contribution in [3.63, 3.8) is 0 Å². The molecule has 2 rings (SSSR count). The van der Waals surface area contributed by atoms with Gasteiger partial charge < -0.3 is 10.1 Å². The van der Waals surface area contributed by atoms with Crippen molar-refractivity contribution in [1.82, 2.24) is 5.32 Å². The molecule has 0 aliphatic heterocycles. The molecule has 0 unspecified atom stereocenters. The van der Waals surface area contributed by atoms with Crippen LogP contribution < -0.4 is 10.1 Å². The standard InChI is InChI=1S/C15H15Cl2NO/c1-10-3-4-11(9-18-2)7-15(10)19-14-6-5-12(16)8-13(14)17/h3-8,18H,9H2,1-2H3. The van der Waals surface area contributed by atoms with Crippen molar-refractivity contribution >= 4 is 23.2 Å². The fourth-order valence-electron chi connectivity index (χ4n) is 1.74. The Labute approximate surface area is 123 Å². The number of rotatable bonds is 4. The third kappa shape index (κ3) is 3.63. The molecule has 0 saturated carbocycles. The molecule has 0 spiro atoms. The summed E-state index contributed by atoms with van der Waals surface area (Å²) in [6.07, 6.45) is 0. The summed E-state index contributed by atoms with van der Waals surface area (Å²) in [6, 6.07) is 11.3. The molecule has 0 aromatic heterocycles.